The summed E-state index contributed by atoms with van der Waals surface area (Å²) in [6.07, 6.45) is 0.914. The molecule has 0 aromatic heterocycles. The second kappa shape index (κ2) is 5.35. The molecule has 98 valence electrons. The van der Waals surface area contributed by atoms with E-state index in [1.54, 1.807) is 11.9 Å². The average molecular weight is 243 g/mol. The predicted molar refractivity (Wildman–Crippen MR) is 63.8 cm³/mol. The maximum Gasteiger partial charge on any atom is 0.236 e. The highest BCUT2D eigenvalue weighted by Crippen LogP contribution is 2.33. The van der Waals surface area contributed by atoms with E-state index in [-0.39, 0.29) is 17.8 Å². The third kappa shape index (κ3) is 2.52. The van der Waals surface area contributed by atoms with E-state index in [2.05, 4.69) is 5.16 Å². The van der Waals surface area contributed by atoms with Crippen LogP contribution in [0, 0.1) is 5.41 Å². The molecule has 0 saturated carbocycles. The van der Waals surface area contributed by atoms with E-state index in [1.165, 1.54) is 0 Å². The number of nitrogens with two attached hydrogens (primary N) is 1. The highest BCUT2D eigenvalue weighted by Gasteiger charge is 2.46. The monoisotopic (exact) mass is 243 g/mol. The van der Waals surface area contributed by atoms with Gasteiger partial charge in [-0.2, -0.15) is 0 Å². The molecule has 0 unspecified atom stereocenters. The van der Waals surface area contributed by atoms with E-state index in [9.17, 15) is 4.79 Å². The van der Waals surface area contributed by atoms with Crippen LogP contribution in [0.1, 0.15) is 26.7 Å². The summed E-state index contributed by atoms with van der Waals surface area (Å²) in [4.78, 5) is 14.1. The molecular weight excluding hydrogens is 222 g/mol. The maximum atomic E-state index is 12.5. The summed E-state index contributed by atoms with van der Waals surface area (Å²) in [5.74, 6) is -0.121. The minimum absolute atomic E-state index is 0.0155. The Hall–Kier alpha value is -1.30. The lowest BCUT2D eigenvalue weighted by molar-refractivity contribution is -0.142. The van der Waals surface area contributed by atoms with Gasteiger partial charge in [-0.05, 0) is 26.7 Å². The lowest BCUT2D eigenvalue weighted by atomic mass is 9.77. The summed E-state index contributed by atoms with van der Waals surface area (Å²) in [6, 6.07) is 0.0775. The summed E-state index contributed by atoms with van der Waals surface area (Å²) in [7, 11) is 1.73. The first-order valence-corrected chi connectivity index (χ1v) is 5.78. The van der Waals surface area contributed by atoms with E-state index in [4.69, 9.17) is 15.7 Å². The van der Waals surface area contributed by atoms with Gasteiger partial charge in [0.2, 0.25) is 5.91 Å². The van der Waals surface area contributed by atoms with Crippen LogP contribution in [0.2, 0.25) is 0 Å². The van der Waals surface area contributed by atoms with Crippen molar-refractivity contribution in [2.75, 3.05) is 20.3 Å². The first kappa shape index (κ1) is 13.8. The zero-order valence-corrected chi connectivity index (χ0v) is 10.6. The number of carbonyl (C=O) groups is 1. The van der Waals surface area contributed by atoms with Gasteiger partial charge in [0.05, 0.1) is 0 Å². The number of hydrogen-bond donors (Lipinski definition) is 2. The van der Waals surface area contributed by atoms with Gasteiger partial charge in [0.1, 0.15) is 5.41 Å². The van der Waals surface area contributed by atoms with E-state index in [0.717, 1.165) is 0 Å². The van der Waals surface area contributed by atoms with Gasteiger partial charge in [-0.15, -0.1) is 0 Å². The molecule has 0 aromatic rings. The van der Waals surface area contributed by atoms with Crippen LogP contribution in [0.5, 0.6) is 0 Å². The van der Waals surface area contributed by atoms with E-state index >= 15 is 0 Å². The van der Waals surface area contributed by atoms with Crippen LogP contribution in [0.25, 0.3) is 0 Å². The van der Waals surface area contributed by atoms with Gasteiger partial charge >= 0.3 is 0 Å². The van der Waals surface area contributed by atoms with Gasteiger partial charge in [0, 0.05) is 26.3 Å². The second-order valence-corrected chi connectivity index (χ2v) is 4.69. The Kier molecular flexibility index (Phi) is 4.34. The second-order valence-electron chi connectivity index (χ2n) is 4.69. The minimum Gasteiger partial charge on any atom is -0.409 e. The molecular formula is C11H21N3O3. The van der Waals surface area contributed by atoms with E-state index in [0.29, 0.717) is 26.1 Å². The quantitative estimate of drug-likeness (QED) is 0.325. The number of oxime groups is 1. The van der Waals surface area contributed by atoms with Crippen molar-refractivity contribution in [1.29, 1.82) is 0 Å². The Bertz CT molecular complexity index is 309. The molecule has 1 aliphatic rings. The fourth-order valence-electron chi connectivity index (χ4n) is 1.97. The number of hydrogen-bond acceptors (Lipinski definition) is 4. The average Bonchev–Trinajstić information content (AvgIpc) is 2.36. The Morgan fingerprint density at radius 3 is 2.41 bits per heavy atom. The molecule has 6 heteroatoms. The molecule has 6 nitrogen and oxygen atoms in total. The number of carbonyl (C=O) groups excluding carboxylic acids is 1. The van der Waals surface area contributed by atoms with Crippen molar-refractivity contribution in [3.8, 4) is 0 Å². The van der Waals surface area contributed by atoms with Crippen molar-refractivity contribution in [2.24, 2.45) is 16.3 Å². The Labute approximate surface area is 101 Å². The van der Waals surface area contributed by atoms with Crippen molar-refractivity contribution < 1.29 is 14.7 Å². The Morgan fingerprint density at radius 2 is 2.00 bits per heavy atom. The van der Waals surface area contributed by atoms with Crippen molar-refractivity contribution in [2.45, 2.75) is 32.7 Å². The Balaban J connectivity index is 3.02. The molecule has 0 atom stereocenters. The van der Waals surface area contributed by atoms with Crippen LogP contribution in [-0.2, 0) is 9.53 Å². The summed E-state index contributed by atoms with van der Waals surface area (Å²) >= 11 is 0. The molecule has 17 heavy (non-hydrogen) atoms. The number of rotatable bonds is 3. The Morgan fingerprint density at radius 1 is 1.47 bits per heavy atom. The van der Waals surface area contributed by atoms with Crippen LogP contribution >= 0.6 is 0 Å². The topological polar surface area (TPSA) is 88.2 Å². The van der Waals surface area contributed by atoms with Gasteiger partial charge in [-0.3, -0.25) is 4.79 Å². The van der Waals surface area contributed by atoms with Gasteiger partial charge in [0.25, 0.3) is 0 Å². The largest absolute Gasteiger partial charge is 0.409 e. The molecule has 0 spiro atoms. The third-order valence-electron chi connectivity index (χ3n) is 3.45. The number of amidine groups is 1. The lowest BCUT2D eigenvalue weighted by Gasteiger charge is -2.38. The van der Waals surface area contributed by atoms with Crippen molar-refractivity contribution in [3.63, 3.8) is 0 Å². The fourth-order valence-corrected chi connectivity index (χ4v) is 1.97. The summed E-state index contributed by atoms with van der Waals surface area (Å²) in [5, 5.41) is 11.9. The zero-order chi connectivity index (χ0) is 13.1. The van der Waals surface area contributed by atoms with Crippen molar-refractivity contribution >= 4 is 11.7 Å². The first-order valence-electron chi connectivity index (χ1n) is 5.78. The standard InChI is InChI=1S/C11H21N3O3/c1-8(2)14(3)10(15)11(9(12)13-16)4-6-17-7-5-11/h8,16H,4-7H2,1-3H3,(H2,12,13). The summed E-state index contributed by atoms with van der Waals surface area (Å²) < 4.78 is 5.25. The summed E-state index contributed by atoms with van der Waals surface area (Å²) in [5.41, 5.74) is 4.81. The predicted octanol–water partition coefficient (Wildman–Crippen LogP) is 0.396. The van der Waals surface area contributed by atoms with Crippen LogP contribution < -0.4 is 5.73 Å². The molecule has 1 aliphatic heterocycles. The SMILES string of the molecule is CC(C)N(C)C(=O)C1(C(N)=NO)CCOCC1. The molecule has 1 amide bonds. The number of nitrogens with zero attached hydrogens (tertiary/aromatic N) is 2. The van der Waals surface area contributed by atoms with Crippen molar-refractivity contribution in [3.05, 3.63) is 0 Å². The lowest BCUT2D eigenvalue weighted by Crippen LogP contribution is -2.54. The molecule has 1 fully saturated rings. The molecule has 0 radical (unpaired) electrons. The maximum absolute atomic E-state index is 12.5. The molecule has 0 aliphatic carbocycles. The molecule has 1 saturated heterocycles. The first-order chi connectivity index (χ1) is 7.95. The van der Waals surface area contributed by atoms with Crippen LogP contribution in [0.3, 0.4) is 0 Å². The molecule has 0 bridgehead atoms. The minimum atomic E-state index is -0.911. The van der Waals surface area contributed by atoms with Gasteiger partial charge in [0.15, 0.2) is 5.84 Å². The highest BCUT2D eigenvalue weighted by molar-refractivity contribution is 6.06. The third-order valence-corrected chi connectivity index (χ3v) is 3.45. The van der Waals surface area contributed by atoms with Crippen LogP contribution in [-0.4, -0.2) is 48.2 Å². The van der Waals surface area contributed by atoms with Gasteiger partial charge < -0.3 is 20.6 Å². The fraction of sp³-hybridized carbons (Fsp3) is 0.818. The smallest absolute Gasteiger partial charge is 0.236 e. The number of amides is 1. The molecule has 3 N–H and O–H groups in total. The molecule has 1 rings (SSSR count). The normalized spacial score (nSPS) is 20.4. The van der Waals surface area contributed by atoms with Crippen LogP contribution in [0.15, 0.2) is 5.16 Å². The number of ether oxygens (including phenoxy) is 1. The van der Waals surface area contributed by atoms with E-state index < -0.39 is 5.41 Å². The van der Waals surface area contributed by atoms with Gasteiger partial charge in [-0.25, -0.2) is 0 Å². The molecule has 1 heterocycles. The van der Waals surface area contributed by atoms with Crippen molar-refractivity contribution in [1.82, 2.24) is 4.90 Å². The molecule has 0 aromatic carbocycles. The van der Waals surface area contributed by atoms with Crippen LogP contribution in [0.4, 0.5) is 0 Å². The van der Waals surface area contributed by atoms with Gasteiger partial charge in [-0.1, -0.05) is 5.16 Å². The highest BCUT2D eigenvalue weighted by atomic mass is 16.5. The summed E-state index contributed by atoms with van der Waals surface area (Å²) in [6.45, 7) is 4.76. The zero-order valence-electron chi connectivity index (χ0n) is 10.6. The van der Waals surface area contributed by atoms with E-state index in [1.807, 2.05) is 13.8 Å².